The number of hydrogen-bond acceptors (Lipinski definition) is 2. The van der Waals surface area contributed by atoms with Crippen molar-refractivity contribution >= 4 is 0 Å². The van der Waals surface area contributed by atoms with Gasteiger partial charge in [0.15, 0.2) is 0 Å². The van der Waals surface area contributed by atoms with Crippen LogP contribution in [0.5, 0.6) is 0 Å². The largest absolute Gasteiger partial charge is 0.467 e. The summed E-state index contributed by atoms with van der Waals surface area (Å²) in [4.78, 5) is 0. The molecule has 0 amide bonds. The summed E-state index contributed by atoms with van der Waals surface area (Å²) in [6.07, 6.45) is 2.60. The summed E-state index contributed by atoms with van der Waals surface area (Å²) in [5.74, 6) is 0.529. The van der Waals surface area contributed by atoms with Crippen molar-refractivity contribution in [2.45, 2.75) is 19.4 Å². The van der Waals surface area contributed by atoms with Crippen LogP contribution in [0.25, 0.3) is 0 Å². The molecule has 1 heterocycles. The van der Waals surface area contributed by atoms with Gasteiger partial charge in [0.25, 0.3) is 0 Å². The molecule has 3 heteroatoms. The summed E-state index contributed by atoms with van der Waals surface area (Å²) in [7, 11) is 0. The second kappa shape index (κ2) is 5.64. The predicted molar refractivity (Wildman–Crippen MR) is 65.2 cm³/mol. The zero-order chi connectivity index (χ0) is 12.1. The second-order valence-electron chi connectivity index (χ2n) is 3.92. The van der Waals surface area contributed by atoms with Crippen molar-refractivity contribution < 1.29 is 8.81 Å². The molecule has 0 saturated heterocycles. The molecule has 17 heavy (non-hydrogen) atoms. The Labute approximate surface area is 100 Å². The van der Waals surface area contributed by atoms with Crippen molar-refractivity contribution in [3.8, 4) is 0 Å². The summed E-state index contributed by atoms with van der Waals surface area (Å²) in [6.45, 7) is 2.90. The van der Waals surface area contributed by atoms with Crippen LogP contribution in [0.4, 0.5) is 4.39 Å². The molecule has 2 aromatic rings. The highest BCUT2D eigenvalue weighted by Gasteiger charge is 2.18. The predicted octanol–water partition coefficient (Wildman–Crippen LogP) is 3.51. The Bertz CT molecular complexity index is 453. The first kappa shape index (κ1) is 11.9. The molecular formula is C14H16FNO. The fourth-order valence-corrected chi connectivity index (χ4v) is 1.82. The van der Waals surface area contributed by atoms with Gasteiger partial charge < -0.3 is 9.73 Å². The molecule has 1 unspecified atom stereocenters. The van der Waals surface area contributed by atoms with Crippen LogP contribution in [-0.2, 0) is 0 Å². The molecule has 0 fully saturated rings. The smallest absolute Gasteiger partial charge is 0.128 e. The molecule has 1 N–H and O–H groups in total. The number of nitrogens with one attached hydrogen (secondary N) is 1. The van der Waals surface area contributed by atoms with Gasteiger partial charge in [0.2, 0.25) is 0 Å². The van der Waals surface area contributed by atoms with Gasteiger partial charge in [-0.1, -0.05) is 25.1 Å². The Morgan fingerprint density at radius 2 is 2.06 bits per heavy atom. The van der Waals surface area contributed by atoms with E-state index >= 15 is 0 Å². The zero-order valence-electron chi connectivity index (χ0n) is 9.82. The monoisotopic (exact) mass is 233 g/mol. The molecule has 2 nitrogen and oxygen atoms in total. The SMILES string of the molecule is CCCNC(c1ccco1)c1ccccc1F. The topological polar surface area (TPSA) is 25.2 Å². The lowest BCUT2D eigenvalue weighted by atomic mass is 10.0. The molecule has 90 valence electrons. The minimum Gasteiger partial charge on any atom is -0.467 e. The van der Waals surface area contributed by atoms with Crippen LogP contribution in [0.2, 0.25) is 0 Å². The summed E-state index contributed by atoms with van der Waals surface area (Å²) >= 11 is 0. The maximum Gasteiger partial charge on any atom is 0.128 e. The lowest BCUT2D eigenvalue weighted by Crippen LogP contribution is -2.23. The Hall–Kier alpha value is -1.61. The molecule has 0 aliphatic rings. The molecule has 0 saturated carbocycles. The number of halogens is 1. The van der Waals surface area contributed by atoms with Crippen molar-refractivity contribution in [3.05, 3.63) is 59.8 Å². The number of hydrogen-bond donors (Lipinski definition) is 1. The number of benzene rings is 1. The highest BCUT2D eigenvalue weighted by atomic mass is 19.1. The van der Waals surface area contributed by atoms with Crippen LogP contribution in [0.15, 0.2) is 47.1 Å². The van der Waals surface area contributed by atoms with Crippen LogP contribution >= 0.6 is 0 Å². The van der Waals surface area contributed by atoms with Crippen molar-refractivity contribution in [1.82, 2.24) is 5.32 Å². The van der Waals surface area contributed by atoms with Gasteiger partial charge in [-0.15, -0.1) is 0 Å². The molecular weight excluding hydrogens is 217 g/mol. The van der Waals surface area contributed by atoms with E-state index in [1.54, 1.807) is 18.4 Å². The van der Waals surface area contributed by atoms with Gasteiger partial charge in [0.1, 0.15) is 11.6 Å². The average Bonchev–Trinajstić information content (AvgIpc) is 2.85. The fourth-order valence-electron chi connectivity index (χ4n) is 1.82. The van der Waals surface area contributed by atoms with E-state index < -0.39 is 0 Å². The van der Waals surface area contributed by atoms with Crippen LogP contribution in [0, 0.1) is 5.82 Å². The van der Waals surface area contributed by atoms with E-state index in [4.69, 9.17) is 4.42 Å². The Morgan fingerprint density at radius 3 is 2.71 bits per heavy atom. The van der Waals surface area contributed by atoms with E-state index in [2.05, 4.69) is 12.2 Å². The van der Waals surface area contributed by atoms with E-state index in [0.29, 0.717) is 5.56 Å². The molecule has 0 bridgehead atoms. The van der Waals surface area contributed by atoms with Gasteiger partial charge in [-0.2, -0.15) is 0 Å². The molecule has 0 spiro atoms. The van der Waals surface area contributed by atoms with Crippen molar-refractivity contribution in [1.29, 1.82) is 0 Å². The minimum absolute atomic E-state index is 0.211. The lowest BCUT2D eigenvalue weighted by molar-refractivity contribution is 0.436. The zero-order valence-corrected chi connectivity index (χ0v) is 9.82. The molecule has 0 aliphatic heterocycles. The molecule has 0 radical (unpaired) electrons. The van der Waals surface area contributed by atoms with Gasteiger partial charge >= 0.3 is 0 Å². The van der Waals surface area contributed by atoms with Crippen LogP contribution in [0.3, 0.4) is 0 Å². The minimum atomic E-state index is -0.217. The van der Waals surface area contributed by atoms with Crippen LogP contribution < -0.4 is 5.32 Å². The number of rotatable bonds is 5. The maximum absolute atomic E-state index is 13.8. The molecule has 1 aromatic heterocycles. The van der Waals surface area contributed by atoms with E-state index in [1.807, 2.05) is 18.2 Å². The molecule has 1 aromatic carbocycles. The third-order valence-corrected chi connectivity index (χ3v) is 2.64. The highest BCUT2D eigenvalue weighted by Crippen LogP contribution is 2.24. The summed E-state index contributed by atoms with van der Waals surface area (Å²) in [5.41, 5.74) is 0.621. The third-order valence-electron chi connectivity index (χ3n) is 2.64. The summed E-state index contributed by atoms with van der Waals surface area (Å²) in [5, 5.41) is 3.30. The third kappa shape index (κ3) is 2.74. The second-order valence-corrected chi connectivity index (χ2v) is 3.92. The highest BCUT2D eigenvalue weighted by molar-refractivity contribution is 5.27. The molecule has 2 rings (SSSR count). The maximum atomic E-state index is 13.8. The quantitative estimate of drug-likeness (QED) is 0.855. The summed E-state index contributed by atoms with van der Waals surface area (Å²) < 4.78 is 19.2. The standard InChI is InChI=1S/C14H16FNO/c1-2-9-16-14(13-8-5-10-17-13)11-6-3-4-7-12(11)15/h3-8,10,14,16H,2,9H2,1H3. The Morgan fingerprint density at radius 1 is 1.24 bits per heavy atom. The van der Waals surface area contributed by atoms with Crippen LogP contribution in [0.1, 0.15) is 30.7 Å². The summed E-state index contributed by atoms with van der Waals surface area (Å²) in [6, 6.07) is 10.2. The van der Waals surface area contributed by atoms with Gasteiger partial charge in [0, 0.05) is 5.56 Å². The van der Waals surface area contributed by atoms with Gasteiger partial charge in [-0.05, 0) is 31.2 Å². The molecule has 0 aliphatic carbocycles. The van der Waals surface area contributed by atoms with Gasteiger partial charge in [-0.25, -0.2) is 4.39 Å². The van der Waals surface area contributed by atoms with Gasteiger partial charge in [0.05, 0.1) is 12.3 Å². The van der Waals surface area contributed by atoms with E-state index in [9.17, 15) is 4.39 Å². The first-order chi connectivity index (χ1) is 8.33. The van der Waals surface area contributed by atoms with E-state index in [-0.39, 0.29) is 11.9 Å². The van der Waals surface area contributed by atoms with E-state index in [1.165, 1.54) is 6.07 Å². The first-order valence-electron chi connectivity index (χ1n) is 5.84. The van der Waals surface area contributed by atoms with E-state index in [0.717, 1.165) is 18.7 Å². The Kier molecular flexibility index (Phi) is 3.94. The van der Waals surface area contributed by atoms with Crippen molar-refractivity contribution in [3.63, 3.8) is 0 Å². The molecule has 1 atom stereocenters. The fraction of sp³-hybridized carbons (Fsp3) is 0.286. The van der Waals surface area contributed by atoms with Gasteiger partial charge in [-0.3, -0.25) is 0 Å². The normalized spacial score (nSPS) is 12.6. The van der Waals surface area contributed by atoms with Crippen molar-refractivity contribution in [2.24, 2.45) is 0 Å². The van der Waals surface area contributed by atoms with Crippen molar-refractivity contribution in [2.75, 3.05) is 6.54 Å². The lowest BCUT2D eigenvalue weighted by Gasteiger charge is -2.17. The number of furan rings is 1. The Balaban J connectivity index is 2.30. The first-order valence-corrected chi connectivity index (χ1v) is 5.84. The average molecular weight is 233 g/mol. The van der Waals surface area contributed by atoms with Crippen LogP contribution in [-0.4, -0.2) is 6.54 Å².